The first kappa shape index (κ1) is 9.24. The third-order valence-electron chi connectivity index (χ3n) is 0.922. The van der Waals surface area contributed by atoms with Gasteiger partial charge in [-0.3, -0.25) is 0 Å². The maximum absolute atomic E-state index is 12.1. The van der Waals surface area contributed by atoms with Crippen molar-refractivity contribution in [3.8, 4) is 0 Å². The molecule has 1 nitrogen and oxygen atoms in total. The van der Waals surface area contributed by atoms with Crippen LogP contribution >= 0.6 is 11.8 Å². The standard InChI is InChI=1S/C6H14FNS/c1-6(7)2-4-9-5-3-8/h6H,2-5,8H2,1H3. The number of hydrogen-bond donors (Lipinski definition) is 1. The van der Waals surface area contributed by atoms with Crippen molar-refractivity contribution in [2.45, 2.75) is 19.5 Å². The van der Waals surface area contributed by atoms with Gasteiger partial charge in [0.25, 0.3) is 0 Å². The fourth-order valence-corrected chi connectivity index (χ4v) is 1.29. The minimum atomic E-state index is -0.657. The Balaban J connectivity index is 2.75. The molecule has 0 aromatic carbocycles. The van der Waals surface area contributed by atoms with Crippen molar-refractivity contribution in [2.24, 2.45) is 5.73 Å². The van der Waals surface area contributed by atoms with Crippen molar-refractivity contribution < 1.29 is 4.39 Å². The number of hydrogen-bond acceptors (Lipinski definition) is 2. The average Bonchev–Trinajstić information content (AvgIpc) is 1.80. The number of nitrogens with two attached hydrogens (primary N) is 1. The van der Waals surface area contributed by atoms with Gasteiger partial charge in [0.1, 0.15) is 0 Å². The van der Waals surface area contributed by atoms with E-state index in [2.05, 4.69) is 0 Å². The second-order valence-electron chi connectivity index (χ2n) is 1.97. The summed E-state index contributed by atoms with van der Waals surface area (Å²) in [7, 11) is 0. The molecule has 0 aliphatic carbocycles. The molecule has 0 aliphatic rings. The van der Waals surface area contributed by atoms with E-state index in [9.17, 15) is 4.39 Å². The van der Waals surface area contributed by atoms with Crippen molar-refractivity contribution in [1.82, 2.24) is 0 Å². The zero-order valence-corrected chi connectivity index (χ0v) is 6.59. The Kier molecular flexibility index (Phi) is 6.53. The van der Waals surface area contributed by atoms with Gasteiger partial charge < -0.3 is 5.73 Å². The first-order valence-corrected chi connectivity index (χ1v) is 4.34. The molecular weight excluding hydrogens is 137 g/mol. The summed E-state index contributed by atoms with van der Waals surface area (Å²) in [4.78, 5) is 0. The van der Waals surface area contributed by atoms with Crippen molar-refractivity contribution in [2.75, 3.05) is 18.1 Å². The second-order valence-corrected chi connectivity index (χ2v) is 3.20. The van der Waals surface area contributed by atoms with Gasteiger partial charge >= 0.3 is 0 Å². The molecule has 0 aliphatic heterocycles. The van der Waals surface area contributed by atoms with Crippen molar-refractivity contribution >= 4 is 11.8 Å². The minimum absolute atomic E-state index is 0.657. The van der Waals surface area contributed by atoms with Gasteiger partial charge in [-0.25, -0.2) is 4.39 Å². The van der Waals surface area contributed by atoms with E-state index in [0.29, 0.717) is 13.0 Å². The zero-order chi connectivity index (χ0) is 7.11. The summed E-state index contributed by atoms with van der Waals surface area (Å²) in [5.41, 5.74) is 5.23. The Labute approximate surface area is 60.2 Å². The van der Waals surface area contributed by atoms with Crippen molar-refractivity contribution in [3.05, 3.63) is 0 Å². The van der Waals surface area contributed by atoms with E-state index in [1.165, 1.54) is 0 Å². The summed E-state index contributed by atoms with van der Waals surface area (Å²) in [6.07, 6.45) is 0.000254. The molecular formula is C6H14FNS. The van der Waals surface area contributed by atoms with E-state index in [0.717, 1.165) is 11.5 Å². The molecule has 2 N–H and O–H groups in total. The van der Waals surface area contributed by atoms with Gasteiger partial charge in [0.2, 0.25) is 0 Å². The van der Waals surface area contributed by atoms with E-state index in [1.807, 2.05) is 0 Å². The lowest BCUT2D eigenvalue weighted by molar-refractivity contribution is 0.355. The highest BCUT2D eigenvalue weighted by molar-refractivity contribution is 7.99. The average molecular weight is 151 g/mol. The number of halogens is 1. The van der Waals surface area contributed by atoms with Gasteiger partial charge in [0.05, 0.1) is 6.17 Å². The Morgan fingerprint density at radius 2 is 2.22 bits per heavy atom. The third kappa shape index (κ3) is 8.24. The smallest absolute Gasteiger partial charge is 0.0981 e. The van der Waals surface area contributed by atoms with Crippen LogP contribution in [0.3, 0.4) is 0 Å². The van der Waals surface area contributed by atoms with Crippen LogP contribution in [0.2, 0.25) is 0 Å². The van der Waals surface area contributed by atoms with Crippen LogP contribution in [0.4, 0.5) is 4.39 Å². The topological polar surface area (TPSA) is 26.0 Å². The Morgan fingerprint density at radius 3 is 2.67 bits per heavy atom. The molecule has 0 saturated heterocycles. The molecule has 3 heteroatoms. The molecule has 0 heterocycles. The minimum Gasteiger partial charge on any atom is -0.330 e. The van der Waals surface area contributed by atoms with Gasteiger partial charge in [0, 0.05) is 12.3 Å². The van der Waals surface area contributed by atoms with Crippen LogP contribution in [-0.4, -0.2) is 24.2 Å². The summed E-state index contributed by atoms with van der Waals surface area (Å²) in [6, 6.07) is 0. The summed E-state index contributed by atoms with van der Waals surface area (Å²) >= 11 is 1.72. The Hall–Kier alpha value is 0.240. The largest absolute Gasteiger partial charge is 0.330 e. The van der Waals surface area contributed by atoms with Gasteiger partial charge in [-0.2, -0.15) is 11.8 Å². The van der Waals surface area contributed by atoms with Crippen LogP contribution in [0, 0.1) is 0 Å². The highest BCUT2D eigenvalue weighted by Crippen LogP contribution is 2.04. The molecule has 9 heavy (non-hydrogen) atoms. The molecule has 0 spiro atoms. The Morgan fingerprint density at radius 1 is 1.56 bits per heavy atom. The van der Waals surface area contributed by atoms with Gasteiger partial charge in [-0.1, -0.05) is 0 Å². The molecule has 0 radical (unpaired) electrons. The lowest BCUT2D eigenvalue weighted by Crippen LogP contribution is -2.03. The fraction of sp³-hybridized carbons (Fsp3) is 1.00. The number of alkyl halides is 1. The van der Waals surface area contributed by atoms with E-state index < -0.39 is 6.17 Å². The summed E-state index contributed by atoms with van der Waals surface area (Å²) in [5.74, 6) is 1.85. The van der Waals surface area contributed by atoms with Crippen molar-refractivity contribution in [3.63, 3.8) is 0 Å². The molecule has 0 aromatic heterocycles. The zero-order valence-electron chi connectivity index (χ0n) is 5.77. The predicted octanol–water partition coefficient (Wildman–Crippen LogP) is 1.43. The van der Waals surface area contributed by atoms with Crippen LogP contribution in [0.25, 0.3) is 0 Å². The SMILES string of the molecule is CC(F)CCSCCN. The highest BCUT2D eigenvalue weighted by Gasteiger charge is 1.95. The quantitative estimate of drug-likeness (QED) is 0.601. The predicted molar refractivity (Wildman–Crippen MR) is 41.6 cm³/mol. The number of rotatable bonds is 5. The molecule has 1 atom stereocenters. The van der Waals surface area contributed by atoms with Crippen LogP contribution in [-0.2, 0) is 0 Å². The summed E-state index contributed by atoms with van der Waals surface area (Å²) in [5, 5.41) is 0. The molecule has 0 aromatic rings. The van der Waals surface area contributed by atoms with Gasteiger partial charge in [-0.05, 0) is 19.1 Å². The van der Waals surface area contributed by atoms with Crippen LogP contribution in [0.15, 0.2) is 0 Å². The van der Waals surface area contributed by atoms with E-state index in [4.69, 9.17) is 5.73 Å². The van der Waals surface area contributed by atoms with Gasteiger partial charge in [-0.15, -0.1) is 0 Å². The monoisotopic (exact) mass is 151 g/mol. The van der Waals surface area contributed by atoms with E-state index in [1.54, 1.807) is 18.7 Å². The summed E-state index contributed by atoms with van der Waals surface area (Å²) < 4.78 is 12.1. The lowest BCUT2D eigenvalue weighted by atomic mass is 10.3. The first-order chi connectivity index (χ1) is 4.27. The van der Waals surface area contributed by atoms with E-state index in [-0.39, 0.29) is 0 Å². The first-order valence-electron chi connectivity index (χ1n) is 3.19. The molecule has 0 fully saturated rings. The molecule has 0 amide bonds. The van der Waals surface area contributed by atoms with Crippen LogP contribution in [0.5, 0.6) is 0 Å². The fourth-order valence-electron chi connectivity index (χ4n) is 0.431. The number of thioether (sulfide) groups is 1. The summed E-state index contributed by atoms with van der Waals surface area (Å²) in [6.45, 7) is 2.29. The normalized spacial score (nSPS) is 13.7. The molecule has 0 bridgehead atoms. The van der Waals surface area contributed by atoms with Crippen LogP contribution in [0.1, 0.15) is 13.3 Å². The molecule has 1 unspecified atom stereocenters. The maximum Gasteiger partial charge on any atom is 0.0981 e. The van der Waals surface area contributed by atoms with Gasteiger partial charge in [0.15, 0.2) is 0 Å². The third-order valence-corrected chi connectivity index (χ3v) is 1.97. The lowest BCUT2D eigenvalue weighted by Gasteiger charge is -1.99. The van der Waals surface area contributed by atoms with E-state index >= 15 is 0 Å². The Bertz CT molecular complexity index is 59.0. The van der Waals surface area contributed by atoms with Crippen LogP contribution < -0.4 is 5.73 Å². The molecule has 0 rings (SSSR count). The maximum atomic E-state index is 12.1. The second kappa shape index (κ2) is 6.36. The van der Waals surface area contributed by atoms with Crippen molar-refractivity contribution in [1.29, 1.82) is 0 Å². The highest BCUT2D eigenvalue weighted by atomic mass is 32.2. The molecule has 0 saturated carbocycles. The molecule has 56 valence electrons.